The first-order chi connectivity index (χ1) is 10.0. The lowest BCUT2D eigenvalue weighted by Crippen LogP contribution is -2.18. The molecule has 3 atom stereocenters. The van der Waals surface area contributed by atoms with Gasteiger partial charge in [0.1, 0.15) is 11.6 Å². The Kier molecular flexibility index (Phi) is 4.53. The Balaban J connectivity index is 2.23. The molecule has 2 aromatic rings. The molecule has 6 heteroatoms. The molecule has 1 aliphatic carbocycles. The maximum Gasteiger partial charge on any atom is 0.139 e. The highest BCUT2D eigenvalue weighted by molar-refractivity contribution is 9.10. The summed E-state index contributed by atoms with van der Waals surface area (Å²) in [5, 5.41) is 0.378. The van der Waals surface area contributed by atoms with Crippen molar-refractivity contribution in [3.05, 3.63) is 28.2 Å². The number of nitrogens with zero attached hydrogens (tertiary/aromatic N) is 2. The predicted molar refractivity (Wildman–Crippen MR) is 91.9 cm³/mol. The molecule has 1 aromatic carbocycles. The highest BCUT2D eigenvalue weighted by atomic mass is 79.9. The SMILES string of the molecule is CSC1CCCC1n1c(C(C)Cl)nc2cc(F)c(Br)cc21. The predicted octanol–water partition coefficient (Wildman–Crippen LogP) is 5.69. The van der Waals surface area contributed by atoms with Gasteiger partial charge in [0.2, 0.25) is 0 Å². The lowest BCUT2D eigenvalue weighted by molar-refractivity contribution is 0.519. The van der Waals surface area contributed by atoms with Crippen LogP contribution in [0.2, 0.25) is 0 Å². The first kappa shape index (κ1) is 15.6. The van der Waals surface area contributed by atoms with E-state index in [1.807, 2.05) is 24.8 Å². The summed E-state index contributed by atoms with van der Waals surface area (Å²) in [6.07, 6.45) is 5.71. The number of hydrogen-bond donors (Lipinski definition) is 0. The van der Waals surface area contributed by atoms with Crippen molar-refractivity contribution in [1.82, 2.24) is 9.55 Å². The molecule has 0 aliphatic heterocycles. The van der Waals surface area contributed by atoms with E-state index in [1.54, 1.807) is 0 Å². The second kappa shape index (κ2) is 6.09. The van der Waals surface area contributed by atoms with E-state index in [1.165, 1.54) is 18.9 Å². The molecule has 2 nitrogen and oxygen atoms in total. The molecule has 0 amide bonds. The number of halogens is 3. The quantitative estimate of drug-likeness (QED) is 0.625. The van der Waals surface area contributed by atoms with Crippen LogP contribution in [0.3, 0.4) is 0 Å². The van der Waals surface area contributed by atoms with Crippen LogP contribution in [0.25, 0.3) is 11.0 Å². The monoisotopic (exact) mass is 390 g/mol. The van der Waals surface area contributed by atoms with Crippen LogP contribution in [0.4, 0.5) is 4.39 Å². The van der Waals surface area contributed by atoms with E-state index in [-0.39, 0.29) is 11.2 Å². The smallest absolute Gasteiger partial charge is 0.139 e. The summed E-state index contributed by atoms with van der Waals surface area (Å²) in [6.45, 7) is 1.92. The van der Waals surface area contributed by atoms with Crippen LogP contribution in [0.5, 0.6) is 0 Å². The van der Waals surface area contributed by atoms with Gasteiger partial charge in [0.15, 0.2) is 0 Å². The number of alkyl halides is 1. The third-order valence-electron chi connectivity index (χ3n) is 4.17. The molecule has 3 rings (SSSR count). The van der Waals surface area contributed by atoms with E-state index in [0.29, 0.717) is 21.3 Å². The van der Waals surface area contributed by atoms with Gasteiger partial charge in [-0.15, -0.1) is 11.6 Å². The second-order valence-electron chi connectivity index (χ2n) is 5.48. The third kappa shape index (κ3) is 2.73. The second-order valence-corrected chi connectivity index (χ2v) is 8.07. The minimum Gasteiger partial charge on any atom is -0.322 e. The van der Waals surface area contributed by atoms with Crippen molar-refractivity contribution in [3.8, 4) is 0 Å². The van der Waals surface area contributed by atoms with E-state index in [0.717, 1.165) is 17.8 Å². The Hall–Kier alpha value is -0.260. The van der Waals surface area contributed by atoms with Crippen molar-refractivity contribution in [2.24, 2.45) is 0 Å². The Morgan fingerprint density at radius 1 is 1.48 bits per heavy atom. The fourth-order valence-corrected chi connectivity index (χ4v) is 4.67. The van der Waals surface area contributed by atoms with Gasteiger partial charge in [-0.3, -0.25) is 0 Å². The molecule has 1 aliphatic rings. The van der Waals surface area contributed by atoms with E-state index >= 15 is 0 Å². The van der Waals surface area contributed by atoms with Crippen LogP contribution in [0.15, 0.2) is 16.6 Å². The molecule has 0 saturated heterocycles. The zero-order valence-corrected chi connectivity index (χ0v) is 15.1. The normalized spacial score (nSPS) is 23.9. The molecule has 0 bridgehead atoms. The van der Waals surface area contributed by atoms with Gasteiger partial charge in [0, 0.05) is 17.4 Å². The van der Waals surface area contributed by atoms with Crippen molar-refractivity contribution in [2.45, 2.75) is 42.9 Å². The number of hydrogen-bond acceptors (Lipinski definition) is 2. The highest BCUT2D eigenvalue weighted by Gasteiger charge is 2.32. The molecule has 1 saturated carbocycles. The van der Waals surface area contributed by atoms with Crippen LogP contribution < -0.4 is 0 Å². The minimum atomic E-state index is -0.284. The van der Waals surface area contributed by atoms with Crippen LogP contribution in [-0.4, -0.2) is 21.1 Å². The Morgan fingerprint density at radius 3 is 2.90 bits per heavy atom. The van der Waals surface area contributed by atoms with E-state index in [9.17, 15) is 4.39 Å². The van der Waals surface area contributed by atoms with Gasteiger partial charge in [-0.2, -0.15) is 11.8 Å². The van der Waals surface area contributed by atoms with Gasteiger partial charge in [0.25, 0.3) is 0 Å². The van der Waals surface area contributed by atoms with Crippen molar-refractivity contribution in [3.63, 3.8) is 0 Å². The average Bonchev–Trinajstić information content (AvgIpc) is 3.02. The van der Waals surface area contributed by atoms with Gasteiger partial charge in [-0.05, 0) is 48.0 Å². The number of fused-ring (bicyclic) bond motifs is 1. The van der Waals surface area contributed by atoms with E-state index in [2.05, 4.69) is 31.7 Å². The Labute approximate surface area is 141 Å². The fraction of sp³-hybridized carbons (Fsp3) is 0.533. The average molecular weight is 392 g/mol. The van der Waals surface area contributed by atoms with Gasteiger partial charge >= 0.3 is 0 Å². The molecular formula is C15H17BrClFN2S. The largest absolute Gasteiger partial charge is 0.322 e. The number of thioether (sulfide) groups is 1. The zero-order valence-electron chi connectivity index (χ0n) is 11.9. The molecule has 1 heterocycles. The lowest BCUT2D eigenvalue weighted by atomic mass is 10.2. The molecule has 0 spiro atoms. The van der Waals surface area contributed by atoms with Crippen molar-refractivity contribution < 1.29 is 4.39 Å². The molecular weight excluding hydrogens is 375 g/mol. The highest BCUT2D eigenvalue weighted by Crippen LogP contribution is 2.42. The number of benzene rings is 1. The van der Waals surface area contributed by atoms with E-state index < -0.39 is 0 Å². The van der Waals surface area contributed by atoms with Gasteiger partial charge < -0.3 is 4.57 Å². The first-order valence-electron chi connectivity index (χ1n) is 7.06. The summed E-state index contributed by atoms with van der Waals surface area (Å²) < 4.78 is 16.5. The Bertz CT molecular complexity index is 673. The topological polar surface area (TPSA) is 17.8 Å². The summed E-state index contributed by atoms with van der Waals surface area (Å²) >= 11 is 11.5. The minimum absolute atomic E-state index is 0.192. The van der Waals surface area contributed by atoms with Crippen LogP contribution >= 0.6 is 39.3 Å². The zero-order chi connectivity index (χ0) is 15.1. The number of imidazole rings is 1. The maximum absolute atomic E-state index is 13.8. The third-order valence-corrected chi connectivity index (χ3v) is 6.12. The molecule has 3 unspecified atom stereocenters. The summed E-state index contributed by atoms with van der Waals surface area (Å²) in [5.74, 6) is 0.559. The Morgan fingerprint density at radius 2 is 2.24 bits per heavy atom. The maximum atomic E-state index is 13.8. The van der Waals surface area contributed by atoms with Crippen LogP contribution in [-0.2, 0) is 0 Å². The van der Waals surface area contributed by atoms with Crippen molar-refractivity contribution in [2.75, 3.05) is 6.26 Å². The molecule has 1 aromatic heterocycles. The number of aromatic nitrogens is 2. The molecule has 1 fully saturated rings. The van der Waals surface area contributed by atoms with Crippen molar-refractivity contribution >= 4 is 50.3 Å². The molecule has 114 valence electrons. The van der Waals surface area contributed by atoms with Crippen LogP contribution in [0, 0.1) is 5.82 Å². The summed E-state index contributed by atoms with van der Waals surface area (Å²) in [6, 6.07) is 3.70. The van der Waals surface area contributed by atoms with Crippen molar-refractivity contribution in [1.29, 1.82) is 0 Å². The molecule has 21 heavy (non-hydrogen) atoms. The van der Waals surface area contributed by atoms with Crippen LogP contribution in [0.1, 0.15) is 43.4 Å². The molecule has 0 radical (unpaired) electrons. The lowest BCUT2D eigenvalue weighted by Gasteiger charge is -2.23. The first-order valence-corrected chi connectivity index (χ1v) is 9.58. The summed E-state index contributed by atoms with van der Waals surface area (Å²) in [5.41, 5.74) is 1.65. The van der Waals surface area contributed by atoms with E-state index in [4.69, 9.17) is 11.6 Å². The summed E-state index contributed by atoms with van der Waals surface area (Å²) in [4.78, 5) is 4.59. The number of rotatable bonds is 3. The summed E-state index contributed by atoms with van der Waals surface area (Å²) in [7, 11) is 0. The van der Waals surface area contributed by atoms with Gasteiger partial charge in [-0.25, -0.2) is 9.37 Å². The fourth-order valence-electron chi connectivity index (χ4n) is 3.21. The standard InChI is InChI=1S/C15H17BrClFN2S/c1-8(17)15-19-11-7-10(18)9(16)6-13(11)20(15)12-4-3-5-14(12)21-2/h6-8,12,14H,3-5H2,1-2H3. The van der Waals surface area contributed by atoms with Gasteiger partial charge in [-0.1, -0.05) is 6.42 Å². The molecule has 0 N–H and O–H groups in total. The van der Waals surface area contributed by atoms with Gasteiger partial charge in [0.05, 0.1) is 20.9 Å².